The van der Waals surface area contributed by atoms with E-state index in [9.17, 15) is 4.79 Å². The van der Waals surface area contributed by atoms with Gasteiger partial charge in [-0.3, -0.25) is 4.79 Å². The number of carbonyl (C=O) groups is 1. The van der Waals surface area contributed by atoms with E-state index >= 15 is 0 Å². The van der Waals surface area contributed by atoms with Crippen LogP contribution in [0.25, 0.3) is 16.6 Å². The van der Waals surface area contributed by atoms with Gasteiger partial charge in [0.15, 0.2) is 5.65 Å². The molecule has 2 aliphatic rings. The zero-order valence-electron chi connectivity index (χ0n) is 16.0. The molecule has 3 aromatic heterocycles. The largest absolute Gasteiger partial charge is 0.368 e. The molecule has 1 amide bonds. The summed E-state index contributed by atoms with van der Waals surface area (Å²) >= 11 is 0. The molecule has 7 nitrogen and oxygen atoms in total. The Labute approximate surface area is 167 Å². The lowest BCUT2D eigenvalue weighted by Gasteiger charge is -2.43. The monoisotopic (exact) mass is 387 g/mol. The molecule has 0 saturated carbocycles. The zero-order valence-corrected chi connectivity index (χ0v) is 16.0. The van der Waals surface area contributed by atoms with Gasteiger partial charge in [0.25, 0.3) is 5.91 Å². The van der Waals surface area contributed by atoms with Gasteiger partial charge in [0.05, 0.1) is 18.5 Å². The van der Waals surface area contributed by atoms with Gasteiger partial charge in [-0.2, -0.15) is 5.10 Å². The first-order chi connectivity index (χ1) is 14.3. The number of likely N-dealkylation sites (tertiary alicyclic amines) is 1. The summed E-state index contributed by atoms with van der Waals surface area (Å²) in [5, 5.41) is 5.54. The van der Waals surface area contributed by atoms with Gasteiger partial charge in [-0.05, 0) is 37.0 Å². The Morgan fingerprint density at radius 3 is 2.93 bits per heavy atom. The highest BCUT2D eigenvalue weighted by molar-refractivity contribution is 5.99. The second-order valence-electron chi connectivity index (χ2n) is 7.86. The second-order valence-corrected chi connectivity index (χ2v) is 7.86. The van der Waals surface area contributed by atoms with Gasteiger partial charge in [0.1, 0.15) is 11.2 Å². The lowest BCUT2D eigenvalue weighted by Crippen LogP contribution is -2.48. The molecule has 5 heterocycles. The van der Waals surface area contributed by atoms with Crippen molar-refractivity contribution in [3.63, 3.8) is 0 Å². The van der Waals surface area contributed by atoms with Crippen molar-refractivity contribution in [2.24, 2.45) is 0 Å². The summed E-state index contributed by atoms with van der Waals surface area (Å²) in [7, 11) is 0. The van der Waals surface area contributed by atoms with Crippen molar-refractivity contribution >= 4 is 22.5 Å². The predicted molar refractivity (Wildman–Crippen MR) is 108 cm³/mol. The average Bonchev–Trinajstić information content (AvgIpc) is 3.37. The summed E-state index contributed by atoms with van der Waals surface area (Å²) in [6, 6.07) is 10.3. The topological polar surface area (TPSA) is 75.5 Å². The van der Waals surface area contributed by atoms with E-state index in [1.54, 1.807) is 29.2 Å². The number of aromatic amines is 1. The summed E-state index contributed by atoms with van der Waals surface area (Å²) < 4.78 is 7.99. The first-order valence-electron chi connectivity index (χ1n) is 10.1. The Morgan fingerprint density at radius 2 is 2.03 bits per heavy atom. The molecule has 0 bridgehead atoms. The molecule has 0 unspecified atom stereocenters. The third kappa shape index (κ3) is 2.43. The number of ether oxygens (including phenoxy) is 1. The maximum atomic E-state index is 13.1. The first kappa shape index (κ1) is 16.7. The van der Waals surface area contributed by atoms with Crippen LogP contribution in [0, 0.1) is 0 Å². The molecule has 0 radical (unpaired) electrons. The molecular weight excluding hydrogens is 366 g/mol. The molecule has 29 heavy (non-hydrogen) atoms. The number of para-hydroxylation sites is 1. The number of rotatable bonds is 1. The minimum Gasteiger partial charge on any atom is -0.368 e. The van der Waals surface area contributed by atoms with Crippen molar-refractivity contribution in [1.82, 2.24) is 24.5 Å². The van der Waals surface area contributed by atoms with Crippen LogP contribution in [0.4, 0.5) is 0 Å². The first-order valence-corrected chi connectivity index (χ1v) is 10.1. The molecular formula is C22H21N5O2. The standard InChI is InChI=1S/C22H21N5O2/c28-21(17-14-24-27-10-3-9-23-20(17)27)26-11-7-22(8-12-26)19-16(6-13-29-22)15-4-1-2-5-18(15)25-19/h1-5,9-10,14,25H,6-8,11-13H2. The van der Waals surface area contributed by atoms with Crippen LogP contribution in [0.2, 0.25) is 0 Å². The van der Waals surface area contributed by atoms with E-state index < -0.39 is 0 Å². The van der Waals surface area contributed by atoms with Crippen LogP contribution >= 0.6 is 0 Å². The van der Waals surface area contributed by atoms with Crippen LogP contribution in [-0.4, -0.2) is 50.1 Å². The highest BCUT2D eigenvalue weighted by atomic mass is 16.5. The van der Waals surface area contributed by atoms with Gasteiger partial charge in [-0.25, -0.2) is 9.50 Å². The van der Waals surface area contributed by atoms with Gasteiger partial charge in [0.2, 0.25) is 0 Å². The summed E-state index contributed by atoms with van der Waals surface area (Å²) in [4.78, 5) is 23.0. The van der Waals surface area contributed by atoms with Crippen LogP contribution in [0.5, 0.6) is 0 Å². The minimum absolute atomic E-state index is 0.0128. The van der Waals surface area contributed by atoms with Crippen molar-refractivity contribution in [3.8, 4) is 0 Å². The van der Waals surface area contributed by atoms with Crippen LogP contribution < -0.4 is 0 Å². The van der Waals surface area contributed by atoms with E-state index in [0.717, 1.165) is 25.9 Å². The van der Waals surface area contributed by atoms with Gasteiger partial charge >= 0.3 is 0 Å². The molecule has 1 spiro atoms. The smallest absolute Gasteiger partial charge is 0.259 e. The van der Waals surface area contributed by atoms with Crippen LogP contribution in [0.3, 0.4) is 0 Å². The van der Waals surface area contributed by atoms with E-state index in [1.165, 1.54) is 22.2 Å². The maximum absolute atomic E-state index is 13.1. The Morgan fingerprint density at radius 1 is 1.17 bits per heavy atom. The SMILES string of the molecule is O=C(c1cnn2cccnc12)N1CCC2(CC1)OCCc1c2[nH]c2ccccc12. The van der Waals surface area contributed by atoms with E-state index in [-0.39, 0.29) is 11.5 Å². The highest BCUT2D eigenvalue weighted by Gasteiger charge is 2.43. The number of hydrogen-bond donors (Lipinski definition) is 1. The Hall–Kier alpha value is -3.19. The molecule has 0 aliphatic carbocycles. The summed E-state index contributed by atoms with van der Waals surface area (Å²) in [5.74, 6) is -0.0128. The normalized spacial score (nSPS) is 18.4. The number of fused-ring (bicyclic) bond motifs is 5. The highest BCUT2D eigenvalue weighted by Crippen LogP contribution is 2.43. The lowest BCUT2D eigenvalue weighted by atomic mass is 9.83. The van der Waals surface area contributed by atoms with Crippen LogP contribution in [-0.2, 0) is 16.8 Å². The molecule has 1 saturated heterocycles. The lowest BCUT2D eigenvalue weighted by molar-refractivity contribution is -0.0957. The van der Waals surface area contributed by atoms with Crippen molar-refractivity contribution in [2.75, 3.05) is 19.7 Å². The van der Waals surface area contributed by atoms with Gasteiger partial charge in [-0.1, -0.05) is 18.2 Å². The fraction of sp³-hybridized carbons (Fsp3) is 0.318. The molecule has 2 aliphatic heterocycles. The number of hydrogen-bond acceptors (Lipinski definition) is 4. The van der Waals surface area contributed by atoms with Gasteiger partial charge < -0.3 is 14.6 Å². The minimum atomic E-state index is -0.331. The van der Waals surface area contributed by atoms with E-state index in [1.807, 2.05) is 4.90 Å². The van der Waals surface area contributed by atoms with Gasteiger partial charge in [0, 0.05) is 36.4 Å². The summed E-state index contributed by atoms with van der Waals surface area (Å²) in [6.45, 7) is 2.02. The van der Waals surface area contributed by atoms with Crippen molar-refractivity contribution in [3.05, 3.63) is 65.7 Å². The van der Waals surface area contributed by atoms with Crippen molar-refractivity contribution < 1.29 is 9.53 Å². The Kier molecular flexibility index (Phi) is 3.55. The zero-order chi connectivity index (χ0) is 19.4. The number of benzene rings is 1. The molecule has 4 aromatic rings. The fourth-order valence-electron chi connectivity index (χ4n) is 4.88. The number of amides is 1. The molecule has 0 atom stereocenters. The molecule has 1 fully saturated rings. The molecule has 6 rings (SSSR count). The summed E-state index contributed by atoms with van der Waals surface area (Å²) in [6.07, 6.45) is 7.60. The van der Waals surface area contributed by atoms with E-state index in [4.69, 9.17) is 4.74 Å². The molecule has 7 heteroatoms. The predicted octanol–water partition coefficient (Wildman–Crippen LogP) is 2.91. The molecule has 1 aromatic carbocycles. The van der Waals surface area contributed by atoms with Crippen LogP contribution in [0.1, 0.15) is 34.5 Å². The third-order valence-electron chi connectivity index (χ3n) is 6.37. The quantitative estimate of drug-likeness (QED) is 0.545. The Balaban J connectivity index is 1.29. The van der Waals surface area contributed by atoms with Crippen LogP contribution in [0.15, 0.2) is 48.9 Å². The fourth-order valence-corrected chi connectivity index (χ4v) is 4.88. The number of H-pyrrole nitrogens is 1. The van der Waals surface area contributed by atoms with E-state index in [2.05, 4.69) is 39.3 Å². The number of piperidine rings is 1. The third-order valence-corrected chi connectivity index (χ3v) is 6.37. The molecule has 146 valence electrons. The number of nitrogens with zero attached hydrogens (tertiary/aromatic N) is 4. The Bertz CT molecular complexity index is 1230. The molecule has 1 N–H and O–H groups in total. The van der Waals surface area contributed by atoms with Crippen molar-refractivity contribution in [2.45, 2.75) is 24.9 Å². The number of carbonyl (C=O) groups excluding carboxylic acids is 1. The average molecular weight is 387 g/mol. The van der Waals surface area contributed by atoms with E-state index in [0.29, 0.717) is 24.3 Å². The summed E-state index contributed by atoms with van der Waals surface area (Å²) in [5.41, 5.74) is 4.57. The number of nitrogens with one attached hydrogen (secondary N) is 1. The van der Waals surface area contributed by atoms with Gasteiger partial charge in [-0.15, -0.1) is 0 Å². The maximum Gasteiger partial charge on any atom is 0.259 e. The number of aromatic nitrogens is 4. The second kappa shape index (κ2) is 6.15. The van der Waals surface area contributed by atoms with Crippen molar-refractivity contribution in [1.29, 1.82) is 0 Å².